The maximum absolute atomic E-state index is 13.0. The third kappa shape index (κ3) is 4.21. The normalized spacial score (nSPS) is 11.8. The zero-order valence-corrected chi connectivity index (χ0v) is 13.6. The Bertz CT molecular complexity index is 693. The number of rotatable bonds is 6. The molecule has 1 atom stereocenters. The van der Waals surface area contributed by atoms with Gasteiger partial charge < -0.3 is 14.8 Å². The minimum atomic E-state index is -0.490. The quantitative estimate of drug-likeness (QED) is 0.876. The summed E-state index contributed by atoms with van der Waals surface area (Å²) in [7, 11) is 3.12. The van der Waals surface area contributed by atoms with E-state index in [1.54, 1.807) is 14.2 Å². The van der Waals surface area contributed by atoms with Gasteiger partial charge in [0.2, 0.25) is 0 Å². The van der Waals surface area contributed by atoms with Gasteiger partial charge in [-0.05, 0) is 24.3 Å². The van der Waals surface area contributed by atoms with Crippen molar-refractivity contribution < 1.29 is 18.7 Å². The van der Waals surface area contributed by atoms with Crippen LogP contribution < -0.4 is 10.1 Å². The number of para-hydroxylation sites is 1. The van der Waals surface area contributed by atoms with Gasteiger partial charge in [0, 0.05) is 19.2 Å². The van der Waals surface area contributed by atoms with Crippen molar-refractivity contribution in [2.24, 2.45) is 0 Å². The van der Waals surface area contributed by atoms with Gasteiger partial charge in [0.05, 0.1) is 17.7 Å². The lowest BCUT2D eigenvalue weighted by molar-refractivity contribution is 0.0819. The Morgan fingerprint density at radius 1 is 1.26 bits per heavy atom. The number of carbonyl (C=O) groups excluding carboxylic acids is 1. The first kappa shape index (κ1) is 17.2. The van der Waals surface area contributed by atoms with Crippen LogP contribution in [0.4, 0.5) is 4.39 Å². The molecule has 4 nitrogen and oxygen atoms in total. The Hall–Kier alpha value is -2.11. The standard InChI is InChI=1S/C17H17ClFNO3/c1-22-15-6-4-3-5-13(15)16(23-2)10-20-17(21)12-8-7-11(19)9-14(12)18/h3-9,16H,10H2,1-2H3,(H,20,21)/t16-/m1/s1. The fourth-order valence-electron chi connectivity index (χ4n) is 2.21. The van der Waals surface area contributed by atoms with Crippen LogP contribution in [0, 0.1) is 5.82 Å². The number of carbonyl (C=O) groups is 1. The largest absolute Gasteiger partial charge is 0.496 e. The molecule has 1 N–H and O–H groups in total. The molecular weight excluding hydrogens is 321 g/mol. The molecule has 0 unspecified atom stereocenters. The van der Waals surface area contributed by atoms with E-state index in [0.717, 1.165) is 11.6 Å². The minimum Gasteiger partial charge on any atom is -0.496 e. The third-order valence-electron chi connectivity index (χ3n) is 3.39. The molecular formula is C17H17ClFNO3. The fourth-order valence-corrected chi connectivity index (χ4v) is 2.46. The molecule has 23 heavy (non-hydrogen) atoms. The monoisotopic (exact) mass is 337 g/mol. The molecule has 2 rings (SSSR count). The Labute approximate surface area is 139 Å². The summed E-state index contributed by atoms with van der Waals surface area (Å²) in [6, 6.07) is 11.0. The zero-order valence-electron chi connectivity index (χ0n) is 12.8. The Morgan fingerprint density at radius 3 is 2.65 bits per heavy atom. The summed E-state index contributed by atoms with van der Waals surface area (Å²) < 4.78 is 23.8. The minimum absolute atomic E-state index is 0.0637. The van der Waals surface area contributed by atoms with Gasteiger partial charge in [-0.2, -0.15) is 0 Å². The number of hydrogen-bond acceptors (Lipinski definition) is 3. The van der Waals surface area contributed by atoms with E-state index in [-0.39, 0.29) is 23.2 Å². The van der Waals surface area contributed by atoms with E-state index < -0.39 is 11.7 Å². The average molecular weight is 338 g/mol. The van der Waals surface area contributed by atoms with Gasteiger partial charge in [0.15, 0.2) is 0 Å². The molecule has 0 aromatic heterocycles. The summed E-state index contributed by atoms with van der Waals surface area (Å²) in [4.78, 5) is 12.2. The van der Waals surface area contributed by atoms with E-state index in [9.17, 15) is 9.18 Å². The molecule has 0 bridgehead atoms. The molecule has 0 saturated carbocycles. The maximum atomic E-state index is 13.0. The van der Waals surface area contributed by atoms with Gasteiger partial charge in [0.1, 0.15) is 17.7 Å². The molecule has 2 aromatic carbocycles. The molecule has 6 heteroatoms. The molecule has 2 aromatic rings. The molecule has 0 saturated heterocycles. The van der Waals surface area contributed by atoms with E-state index in [1.165, 1.54) is 12.1 Å². The van der Waals surface area contributed by atoms with Crippen LogP contribution in [-0.4, -0.2) is 26.7 Å². The van der Waals surface area contributed by atoms with Crippen molar-refractivity contribution in [3.63, 3.8) is 0 Å². The number of methoxy groups -OCH3 is 2. The van der Waals surface area contributed by atoms with Crippen molar-refractivity contribution in [1.29, 1.82) is 0 Å². The van der Waals surface area contributed by atoms with Gasteiger partial charge in [-0.3, -0.25) is 4.79 Å². The summed E-state index contributed by atoms with van der Waals surface area (Å²) in [6.07, 6.45) is -0.380. The topological polar surface area (TPSA) is 47.6 Å². The summed E-state index contributed by atoms with van der Waals surface area (Å²) in [5.74, 6) is -0.212. The molecule has 1 amide bonds. The van der Waals surface area contributed by atoms with Crippen molar-refractivity contribution in [2.75, 3.05) is 20.8 Å². The highest BCUT2D eigenvalue weighted by Gasteiger charge is 2.18. The predicted molar refractivity (Wildman–Crippen MR) is 86.5 cm³/mol. The lowest BCUT2D eigenvalue weighted by atomic mass is 10.1. The number of halogens is 2. The van der Waals surface area contributed by atoms with Crippen molar-refractivity contribution in [3.05, 3.63) is 64.4 Å². The Kier molecular flexibility index (Phi) is 5.96. The number of amides is 1. The van der Waals surface area contributed by atoms with Gasteiger partial charge in [-0.15, -0.1) is 0 Å². The average Bonchev–Trinajstić information content (AvgIpc) is 2.55. The SMILES string of the molecule is COc1ccccc1[C@@H](CNC(=O)c1ccc(F)cc1Cl)OC. The van der Waals surface area contributed by atoms with Crippen LogP contribution in [0.1, 0.15) is 22.0 Å². The molecule has 122 valence electrons. The molecule has 0 spiro atoms. The van der Waals surface area contributed by atoms with Crippen LogP contribution in [-0.2, 0) is 4.74 Å². The summed E-state index contributed by atoms with van der Waals surface area (Å²) in [5.41, 5.74) is 1.03. The summed E-state index contributed by atoms with van der Waals surface area (Å²) >= 11 is 5.89. The van der Waals surface area contributed by atoms with Crippen LogP contribution in [0.25, 0.3) is 0 Å². The first-order valence-electron chi connectivity index (χ1n) is 6.95. The van der Waals surface area contributed by atoms with E-state index in [4.69, 9.17) is 21.1 Å². The number of nitrogens with one attached hydrogen (secondary N) is 1. The van der Waals surface area contributed by atoms with Crippen LogP contribution in [0.15, 0.2) is 42.5 Å². The highest BCUT2D eigenvalue weighted by Crippen LogP contribution is 2.26. The van der Waals surface area contributed by atoms with Crippen molar-refractivity contribution >= 4 is 17.5 Å². The first-order valence-corrected chi connectivity index (χ1v) is 7.33. The van der Waals surface area contributed by atoms with Crippen LogP contribution in [0.2, 0.25) is 5.02 Å². The lowest BCUT2D eigenvalue weighted by Crippen LogP contribution is -2.29. The number of hydrogen-bond donors (Lipinski definition) is 1. The summed E-state index contributed by atoms with van der Waals surface area (Å²) in [6.45, 7) is 0.226. The van der Waals surface area contributed by atoms with E-state index in [2.05, 4.69) is 5.32 Å². The van der Waals surface area contributed by atoms with Gasteiger partial charge in [-0.1, -0.05) is 29.8 Å². The second-order valence-electron chi connectivity index (χ2n) is 4.80. The number of ether oxygens (including phenoxy) is 2. The van der Waals surface area contributed by atoms with E-state index >= 15 is 0 Å². The smallest absolute Gasteiger partial charge is 0.252 e. The second kappa shape index (κ2) is 7.94. The molecule has 0 aliphatic rings. The van der Waals surface area contributed by atoms with Crippen LogP contribution in [0.3, 0.4) is 0 Å². The molecule has 0 heterocycles. The predicted octanol–water partition coefficient (Wildman–Crippen LogP) is 3.61. The maximum Gasteiger partial charge on any atom is 0.252 e. The van der Waals surface area contributed by atoms with Gasteiger partial charge in [0.25, 0.3) is 5.91 Å². The lowest BCUT2D eigenvalue weighted by Gasteiger charge is -2.19. The van der Waals surface area contributed by atoms with Crippen LogP contribution >= 0.6 is 11.6 Å². The molecule has 0 radical (unpaired) electrons. The molecule has 0 aliphatic carbocycles. The highest BCUT2D eigenvalue weighted by atomic mass is 35.5. The van der Waals surface area contributed by atoms with E-state index in [1.807, 2.05) is 24.3 Å². The highest BCUT2D eigenvalue weighted by molar-refractivity contribution is 6.33. The van der Waals surface area contributed by atoms with Crippen molar-refractivity contribution in [2.45, 2.75) is 6.10 Å². The Balaban J connectivity index is 2.09. The number of benzene rings is 2. The van der Waals surface area contributed by atoms with Crippen LogP contribution in [0.5, 0.6) is 5.75 Å². The molecule has 0 fully saturated rings. The Morgan fingerprint density at radius 2 is 2.00 bits per heavy atom. The van der Waals surface area contributed by atoms with Crippen molar-refractivity contribution in [1.82, 2.24) is 5.32 Å². The van der Waals surface area contributed by atoms with Crippen molar-refractivity contribution in [3.8, 4) is 5.75 Å². The zero-order chi connectivity index (χ0) is 16.8. The van der Waals surface area contributed by atoms with E-state index in [0.29, 0.717) is 5.75 Å². The van der Waals surface area contributed by atoms with Gasteiger partial charge >= 0.3 is 0 Å². The first-order chi connectivity index (χ1) is 11.1. The fraction of sp³-hybridized carbons (Fsp3) is 0.235. The van der Waals surface area contributed by atoms with Gasteiger partial charge in [-0.25, -0.2) is 4.39 Å². The summed E-state index contributed by atoms with van der Waals surface area (Å²) in [5, 5.41) is 2.80. The molecule has 0 aliphatic heterocycles. The third-order valence-corrected chi connectivity index (χ3v) is 3.71. The second-order valence-corrected chi connectivity index (χ2v) is 5.21.